The molecule has 1 aromatic heterocycles. The molecule has 2 amide bonds. The Morgan fingerprint density at radius 3 is 2.86 bits per heavy atom. The van der Waals surface area contributed by atoms with Crippen LogP contribution in [0.2, 0.25) is 0 Å². The normalized spacial score (nSPS) is 23.4. The summed E-state index contributed by atoms with van der Waals surface area (Å²) in [6.45, 7) is 1.72. The SMILES string of the molecule is CN1[C@@H](CCC(=O)NCc2ccco2)CNC(=O)[C@@H]2[C@H]1CCN2Cc1cccc(OC(F)(F)F)c1. The van der Waals surface area contributed by atoms with Crippen molar-refractivity contribution in [1.82, 2.24) is 20.4 Å². The highest BCUT2D eigenvalue weighted by Crippen LogP contribution is 2.30. The highest BCUT2D eigenvalue weighted by Gasteiger charge is 2.45. The molecule has 4 rings (SSSR count). The summed E-state index contributed by atoms with van der Waals surface area (Å²) in [7, 11) is 1.96. The molecular formula is C24H29F3N4O4. The number of fused-ring (bicyclic) bond motifs is 1. The van der Waals surface area contributed by atoms with Gasteiger partial charge in [-0.05, 0) is 49.7 Å². The van der Waals surface area contributed by atoms with Crippen LogP contribution in [0.1, 0.15) is 30.6 Å². The van der Waals surface area contributed by atoms with Gasteiger partial charge in [0.25, 0.3) is 0 Å². The van der Waals surface area contributed by atoms with Crippen LogP contribution in [-0.2, 0) is 22.7 Å². The number of halogens is 3. The third kappa shape index (κ3) is 6.55. The number of hydrogen-bond acceptors (Lipinski definition) is 6. The van der Waals surface area contributed by atoms with Gasteiger partial charge in [-0.3, -0.25) is 19.4 Å². The predicted octanol–water partition coefficient (Wildman–Crippen LogP) is 2.65. The number of nitrogens with one attached hydrogen (secondary N) is 2. The van der Waals surface area contributed by atoms with Crippen LogP contribution in [0.4, 0.5) is 13.2 Å². The van der Waals surface area contributed by atoms with E-state index in [1.54, 1.807) is 24.5 Å². The zero-order valence-electron chi connectivity index (χ0n) is 19.4. The Labute approximate surface area is 201 Å². The van der Waals surface area contributed by atoms with Gasteiger partial charge in [0.2, 0.25) is 11.8 Å². The molecule has 0 radical (unpaired) electrons. The summed E-state index contributed by atoms with van der Waals surface area (Å²) >= 11 is 0. The number of rotatable bonds is 8. The zero-order valence-corrected chi connectivity index (χ0v) is 19.4. The Hall–Kier alpha value is -3.05. The van der Waals surface area contributed by atoms with Gasteiger partial charge in [0.1, 0.15) is 17.6 Å². The van der Waals surface area contributed by atoms with Crippen molar-refractivity contribution in [1.29, 1.82) is 0 Å². The third-order valence-corrected chi connectivity index (χ3v) is 6.61. The van der Waals surface area contributed by atoms with Crippen molar-refractivity contribution < 1.29 is 31.9 Å². The first-order valence-corrected chi connectivity index (χ1v) is 11.6. The fourth-order valence-corrected chi connectivity index (χ4v) is 4.89. The molecule has 2 saturated heterocycles. The van der Waals surface area contributed by atoms with Crippen molar-refractivity contribution in [3.63, 3.8) is 0 Å². The molecule has 2 aromatic rings. The van der Waals surface area contributed by atoms with E-state index in [0.717, 1.165) is 6.42 Å². The van der Waals surface area contributed by atoms with E-state index in [1.165, 1.54) is 18.2 Å². The lowest BCUT2D eigenvalue weighted by atomic mass is 10.0. The van der Waals surface area contributed by atoms with Gasteiger partial charge in [-0.1, -0.05) is 12.1 Å². The van der Waals surface area contributed by atoms with E-state index in [-0.39, 0.29) is 29.6 Å². The standard InChI is InChI=1S/C24H29F3N4O4/c1-30-17(7-8-21(32)28-14-19-6-3-11-34-19)13-29-23(33)22-20(30)9-10-31(22)15-16-4-2-5-18(12-16)35-24(25,26)27/h2-6,11-12,17,20,22H,7-10,13-15H2,1H3,(H,28,32)(H,29,33)/t17-,20+,22-/m0/s1. The molecule has 2 aliphatic rings. The number of benzene rings is 1. The van der Waals surface area contributed by atoms with Crippen LogP contribution in [0, 0.1) is 0 Å². The molecule has 11 heteroatoms. The lowest BCUT2D eigenvalue weighted by molar-refractivity contribution is -0.274. The molecule has 0 bridgehead atoms. The average molecular weight is 495 g/mol. The smallest absolute Gasteiger partial charge is 0.467 e. The largest absolute Gasteiger partial charge is 0.573 e. The molecular weight excluding hydrogens is 465 g/mol. The monoisotopic (exact) mass is 494 g/mol. The average Bonchev–Trinajstić information content (AvgIpc) is 3.44. The molecule has 2 N–H and O–H groups in total. The second kappa shape index (κ2) is 10.7. The van der Waals surface area contributed by atoms with Gasteiger partial charge in [0.05, 0.1) is 12.8 Å². The van der Waals surface area contributed by atoms with E-state index in [0.29, 0.717) is 50.3 Å². The number of likely N-dealkylation sites (N-methyl/N-ethyl adjacent to an activating group) is 1. The topological polar surface area (TPSA) is 87.1 Å². The van der Waals surface area contributed by atoms with Crippen LogP contribution in [0.5, 0.6) is 5.75 Å². The number of alkyl halides is 3. The molecule has 0 spiro atoms. The minimum atomic E-state index is -4.76. The summed E-state index contributed by atoms with van der Waals surface area (Å²) in [5.41, 5.74) is 0.636. The lowest BCUT2D eigenvalue weighted by Gasteiger charge is -2.33. The van der Waals surface area contributed by atoms with E-state index in [9.17, 15) is 22.8 Å². The van der Waals surface area contributed by atoms with E-state index in [2.05, 4.69) is 20.3 Å². The van der Waals surface area contributed by atoms with Crippen molar-refractivity contribution in [2.24, 2.45) is 0 Å². The van der Waals surface area contributed by atoms with Crippen LogP contribution in [0.15, 0.2) is 47.1 Å². The van der Waals surface area contributed by atoms with Gasteiger partial charge >= 0.3 is 6.36 Å². The number of furan rings is 1. The summed E-state index contributed by atoms with van der Waals surface area (Å²) in [5, 5.41) is 5.83. The fraction of sp³-hybridized carbons (Fsp3) is 0.500. The number of carbonyl (C=O) groups is 2. The maximum Gasteiger partial charge on any atom is 0.573 e. The Balaban J connectivity index is 1.34. The minimum Gasteiger partial charge on any atom is -0.467 e. The summed E-state index contributed by atoms with van der Waals surface area (Å²) < 4.78 is 47.0. The van der Waals surface area contributed by atoms with Crippen LogP contribution in [-0.4, -0.2) is 66.2 Å². The maximum atomic E-state index is 13.0. The highest BCUT2D eigenvalue weighted by atomic mass is 19.4. The second-order valence-corrected chi connectivity index (χ2v) is 8.93. The van der Waals surface area contributed by atoms with Crippen LogP contribution in [0.25, 0.3) is 0 Å². The Bertz CT molecular complexity index is 1010. The van der Waals surface area contributed by atoms with Crippen molar-refractivity contribution in [3.8, 4) is 5.75 Å². The van der Waals surface area contributed by atoms with Gasteiger partial charge in [0, 0.05) is 38.1 Å². The fourth-order valence-electron chi connectivity index (χ4n) is 4.89. The maximum absolute atomic E-state index is 13.0. The molecule has 2 aliphatic heterocycles. The van der Waals surface area contributed by atoms with Crippen LogP contribution >= 0.6 is 0 Å². The van der Waals surface area contributed by atoms with Crippen LogP contribution in [0.3, 0.4) is 0 Å². The third-order valence-electron chi connectivity index (χ3n) is 6.61. The predicted molar refractivity (Wildman–Crippen MR) is 120 cm³/mol. The van der Waals surface area contributed by atoms with Gasteiger partial charge in [-0.15, -0.1) is 13.2 Å². The van der Waals surface area contributed by atoms with E-state index < -0.39 is 12.4 Å². The molecule has 3 heterocycles. The Morgan fingerprint density at radius 2 is 2.11 bits per heavy atom. The number of hydrogen-bond donors (Lipinski definition) is 2. The number of carbonyl (C=O) groups excluding carboxylic acids is 2. The van der Waals surface area contributed by atoms with E-state index >= 15 is 0 Å². The van der Waals surface area contributed by atoms with Crippen molar-refractivity contribution in [3.05, 3.63) is 54.0 Å². The first-order chi connectivity index (χ1) is 16.7. The second-order valence-electron chi connectivity index (χ2n) is 8.93. The molecule has 8 nitrogen and oxygen atoms in total. The molecule has 3 atom stereocenters. The van der Waals surface area contributed by atoms with E-state index in [4.69, 9.17) is 4.42 Å². The molecule has 0 aliphatic carbocycles. The molecule has 0 saturated carbocycles. The van der Waals surface area contributed by atoms with Crippen LogP contribution < -0.4 is 15.4 Å². The van der Waals surface area contributed by atoms with Gasteiger partial charge < -0.3 is 19.8 Å². The summed E-state index contributed by atoms with van der Waals surface area (Å²) in [4.78, 5) is 29.4. The van der Waals surface area contributed by atoms with E-state index in [1.807, 2.05) is 11.9 Å². The number of amides is 2. The first-order valence-electron chi connectivity index (χ1n) is 11.6. The number of likely N-dealkylation sites (tertiary alicyclic amines) is 1. The summed E-state index contributed by atoms with van der Waals surface area (Å²) in [6.07, 6.45) is -1.56. The lowest BCUT2D eigenvalue weighted by Crippen LogP contribution is -2.49. The highest BCUT2D eigenvalue weighted by molar-refractivity contribution is 5.83. The molecule has 0 unspecified atom stereocenters. The molecule has 190 valence electrons. The first kappa shape index (κ1) is 25.1. The summed E-state index contributed by atoms with van der Waals surface area (Å²) in [5.74, 6) is 0.211. The quantitative estimate of drug-likeness (QED) is 0.587. The van der Waals surface area contributed by atoms with Crippen molar-refractivity contribution in [2.75, 3.05) is 20.1 Å². The Kier molecular flexibility index (Phi) is 7.66. The molecule has 35 heavy (non-hydrogen) atoms. The van der Waals surface area contributed by atoms with Crippen molar-refractivity contribution in [2.45, 2.75) is 56.8 Å². The number of nitrogens with zero attached hydrogens (tertiary/aromatic N) is 2. The minimum absolute atomic E-state index is 0.00761. The Morgan fingerprint density at radius 1 is 1.29 bits per heavy atom. The van der Waals surface area contributed by atoms with Gasteiger partial charge in [0.15, 0.2) is 0 Å². The van der Waals surface area contributed by atoms with Gasteiger partial charge in [-0.25, -0.2) is 0 Å². The molecule has 2 fully saturated rings. The zero-order chi connectivity index (χ0) is 25.0. The number of ether oxygens (including phenoxy) is 1. The van der Waals surface area contributed by atoms with Crippen molar-refractivity contribution >= 4 is 11.8 Å². The van der Waals surface area contributed by atoms with Gasteiger partial charge in [-0.2, -0.15) is 0 Å². The molecule has 1 aromatic carbocycles. The summed E-state index contributed by atoms with van der Waals surface area (Å²) in [6, 6.07) is 8.91.